The normalized spacial score (nSPS) is 54.9. The van der Waals surface area contributed by atoms with E-state index in [1.807, 2.05) is 13.8 Å². The summed E-state index contributed by atoms with van der Waals surface area (Å²) in [6, 6.07) is 0. The van der Waals surface area contributed by atoms with Crippen molar-refractivity contribution in [2.45, 2.75) is 147 Å². The maximum absolute atomic E-state index is 12.4. The fourth-order valence-electron chi connectivity index (χ4n) is 10.9. The Morgan fingerprint density at radius 1 is 0.646 bits per heavy atom. The topological polar surface area (TPSA) is 136 Å². The summed E-state index contributed by atoms with van der Waals surface area (Å²) >= 11 is 0. The highest BCUT2D eigenvalue weighted by atomic mass is 32.2. The fourth-order valence-corrected chi connectivity index (χ4v) is 11.5. The van der Waals surface area contributed by atoms with Crippen molar-refractivity contribution in [2.75, 3.05) is 19.5 Å². The van der Waals surface area contributed by atoms with E-state index in [1.54, 1.807) is 0 Å². The number of fused-ring (bicyclic) bond motifs is 4. The van der Waals surface area contributed by atoms with E-state index in [0.29, 0.717) is 24.7 Å². The number of hydrogen-bond acceptors (Lipinski definition) is 13. The smallest absolute Gasteiger partial charge is 0.264 e. The van der Waals surface area contributed by atoms with Gasteiger partial charge in [-0.1, -0.05) is 27.7 Å². The van der Waals surface area contributed by atoms with Crippen LogP contribution in [0.3, 0.4) is 0 Å². The lowest BCUT2D eigenvalue weighted by molar-refractivity contribution is -0.578. The van der Waals surface area contributed by atoms with E-state index in [2.05, 4.69) is 27.7 Å². The van der Waals surface area contributed by atoms with Crippen LogP contribution in [0.25, 0.3) is 0 Å². The van der Waals surface area contributed by atoms with Crippen molar-refractivity contribution in [1.29, 1.82) is 0 Å². The molecule has 10 fully saturated rings. The van der Waals surface area contributed by atoms with E-state index in [0.717, 1.165) is 44.8 Å². The molecule has 0 aromatic carbocycles. The van der Waals surface area contributed by atoms with E-state index in [1.165, 1.54) is 0 Å². The van der Waals surface area contributed by atoms with Crippen LogP contribution in [-0.2, 0) is 62.3 Å². The summed E-state index contributed by atoms with van der Waals surface area (Å²) in [6.45, 7) is 12.3. The molecule has 10 aliphatic rings. The molecule has 2 saturated carbocycles. The van der Waals surface area contributed by atoms with Crippen LogP contribution in [0.15, 0.2) is 0 Å². The number of hydrogen-bond donors (Lipinski definition) is 0. The Bertz CT molecular complexity index is 1250. The molecule has 13 nitrogen and oxygen atoms in total. The van der Waals surface area contributed by atoms with Gasteiger partial charge in [0, 0.05) is 36.5 Å². The Morgan fingerprint density at radius 3 is 1.50 bits per heavy atom. The lowest BCUT2D eigenvalue weighted by Gasteiger charge is -2.60. The molecule has 8 aliphatic heterocycles. The van der Waals surface area contributed by atoms with E-state index < -0.39 is 64.2 Å². The first-order valence-corrected chi connectivity index (χ1v) is 20.0. The van der Waals surface area contributed by atoms with Gasteiger partial charge in [-0.05, 0) is 76.0 Å². The van der Waals surface area contributed by atoms with Gasteiger partial charge < -0.3 is 28.4 Å². The van der Waals surface area contributed by atoms with Crippen molar-refractivity contribution in [3.8, 4) is 0 Å². The minimum Gasteiger partial charge on any atom is -0.349 e. The van der Waals surface area contributed by atoms with Gasteiger partial charge in [-0.15, -0.1) is 0 Å². The highest BCUT2D eigenvalue weighted by molar-refractivity contribution is 7.86. The lowest BCUT2D eigenvalue weighted by atomic mass is 9.58. The summed E-state index contributed by atoms with van der Waals surface area (Å²) in [5, 5.41) is 0. The second kappa shape index (κ2) is 12.0. The first kappa shape index (κ1) is 34.6. The molecule has 0 N–H and O–H groups in total. The van der Waals surface area contributed by atoms with Gasteiger partial charge in [0.15, 0.2) is 36.4 Å². The standard InChI is InChI=1S/C34H54O13S/c1-18-8-10-25-20(3)27(39-29-33(25)23(18)12-14-31(5,41-29)44-46-33)37-16-22(43-48(7,35)36)17-38-28-21(4)26-11-9-19(2)24-13-15-32(6)42-30(40-28)34(24,26)47-45-32/h18-30H,8-17H2,1-7H3/t18-,19-,20-,21-,23+,24+,25+,26+,27+,28+,29-,30-,31-,32-,33-,34-/m1/s1. The van der Waals surface area contributed by atoms with E-state index in [9.17, 15) is 8.42 Å². The molecule has 10 rings (SSSR count). The summed E-state index contributed by atoms with van der Waals surface area (Å²) in [6.07, 6.45) is 4.68. The third-order valence-corrected chi connectivity index (χ3v) is 14.0. The molecule has 4 bridgehead atoms. The van der Waals surface area contributed by atoms with Crippen molar-refractivity contribution in [2.24, 2.45) is 47.3 Å². The van der Waals surface area contributed by atoms with Crippen LogP contribution >= 0.6 is 0 Å². The van der Waals surface area contributed by atoms with Crippen molar-refractivity contribution >= 4 is 10.1 Å². The molecule has 48 heavy (non-hydrogen) atoms. The van der Waals surface area contributed by atoms with E-state index in [-0.39, 0.29) is 48.7 Å². The third-order valence-electron chi connectivity index (χ3n) is 13.4. The molecule has 0 aromatic rings. The van der Waals surface area contributed by atoms with Crippen molar-refractivity contribution in [3.63, 3.8) is 0 Å². The summed E-state index contributed by atoms with van der Waals surface area (Å²) in [5.74, 6) is -0.458. The summed E-state index contributed by atoms with van der Waals surface area (Å²) in [5.41, 5.74) is -1.43. The van der Waals surface area contributed by atoms with Crippen LogP contribution in [0.5, 0.6) is 0 Å². The zero-order chi connectivity index (χ0) is 33.9. The number of rotatable bonds is 8. The zero-order valence-electron chi connectivity index (χ0n) is 29.3. The largest absolute Gasteiger partial charge is 0.349 e. The first-order chi connectivity index (χ1) is 22.7. The van der Waals surface area contributed by atoms with Crippen LogP contribution in [0.2, 0.25) is 0 Å². The first-order valence-electron chi connectivity index (χ1n) is 18.2. The van der Waals surface area contributed by atoms with Crippen molar-refractivity contribution < 1.29 is 60.6 Å². The van der Waals surface area contributed by atoms with Gasteiger partial charge in [-0.2, -0.15) is 8.42 Å². The molecule has 0 radical (unpaired) electrons. The molecule has 14 heteroatoms. The van der Waals surface area contributed by atoms with Gasteiger partial charge >= 0.3 is 0 Å². The molecule has 0 aromatic heterocycles. The van der Waals surface area contributed by atoms with Gasteiger partial charge in [-0.25, -0.2) is 19.6 Å². The molecule has 2 spiro atoms. The Kier molecular flexibility index (Phi) is 8.66. The highest BCUT2D eigenvalue weighted by Crippen LogP contribution is 2.62. The quantitative estimate of drug-likeness (QED) is 0.254. The van der Waals surface area contributed by atoms with Gasteiger partial charge in [0.05, 0.1) is 19.5 Å². The second-order valence-corrected chi connectivity index (χ2v) is 18.2. The fraction of sp³-hybridized carbons (Fsp3) is 1.00. The van der Waals surface area contributed by atoms with Gasteiger partial charge in [-0.3, -0.25) is 4.18 Å². The van der Waals surface area contributed by atoms with Gasteiger partial charge in [0.1, 0.15) is 6.10 Å². The second-order valence-electron chi connectivity index (χ2n) is 16.6. The molecule has 0 amide bonds. The molecule has 274 valence electrons. The summed E-state index contributed by atoms with van der Waals surface area (Å²) in [7, 11) is -3.84. The SMILES string of the molecule is C[C@H]1[C@@H](OCC(CO[C@H]2O[C@@H]3O[C@@]4(C)CC[C@H]5[C@H](C)CC[C@@H]([C@H]2C)[C@@]35OO4)OS(C)(=O)=O)O[C@@H]2O[C@@]3(C)CC[C@H]4[C@H](C)CC[C@@H]1[C@@]24OO3. The predicted octanol–water partition coefficient (Wildman–Crippen LogP) is 4.78. The van der Waals surface area contributed by atoms with Crippen LogP contribution < -0.4 is 0 Å². The maximum Gasteiger partial charge on any atom is 0.264 e. The average molecular weight is 703 g/mol. The predicted molar refractivity (Wildman–Crippen MR) is 165 cm³/mol. The summed E-state index contributed by atoms with van der Waals surface area (Å²) in [4.78, 5) is 24.3. The molecule has 8 heterocycles. The molecule has 0 unspecified atom stereocenters. The van der Waals surface area contributed by atoms with Crippen LogP contribution in [-0.4, -0.2) is 81.9 Å². The van der Waals surface area contributed by atoms with E-state index in [4.69, 9.17) is 52.2 Å². The minimum atomic E-state index is -3.84. The molecule has 16 atom stereocenters. The average Bonchev–Trinajstić information content (AvgIpc) is 3.40. The van der Waals surface area contributed by atoms with Crippen LogP contribution in [0.1, 0.15) is 92.9 Å². The van der Waals surface area contributed by atoms with Crippen LogP contribution in [0, 0.1) is 47.3 Å². The monoisotopic (exact) mass is 702 g/mol. The Balaban J connectivity index is 0.972. The molecular weight excluding hydrogens is 648 g/mol. The molecule has 8 saturated heterocycles. The summed E-state index contributed by atoms with van der Waals surface area (Å²) < 4.78 is 69.1. The third kappa shape index (κ3) is 5.46. The zero-order valence-corrected chi connectivity index (χ0v) is 30.1. The molecule has 2 aliphatic carbocycles. The highest BCUT2D eigenvalue weighted by Gasteiger charge is 2.71. The Labute approximate surface area is 284 Å². The van der Waals surface area contributed by atoms with Gasteiger partial charge in [0.25, 0.3) is 10.1 Å². The molecular formula is C34H54O13S. The van der Waals surface area contributed by atoms with Crippen molar-refractivity contribution in [1.82, 2.24) is 0 Å². The number of ether oxygens (including phenoxy) is 6. The van der Waals surface area contributed by atoms with E-state index >= 15 is 0 Å². The maximum atomic E-state index is 12.4. The Hall–Kier alpha value is -0.490. The lowest BCUT2D eigenvalue weighted by Crippen LogP contribution is -2.70. The minimum absolute atomic E-state index is 0.0726. The Morgan fingerprint density at radius 2 is 1.08 bits per heavy atom. The van der Waals surface area contributed by atoms with Crippen molar-refractivity contribution in [3.05, 3.63) is 0 Å². The van der Waals surface area contributed by atoms with Gasteiger partial charge in [0.2, 0.25) is 11.6 Å². The van der Waals surface area contributed by atoms with Crippen LogP contribution in [0.4, 0.5) is 0 Å².